The fourth-order valence-electron chi connectivity index (χ4n) is 1.63. The minimum Gasteiger partial charge on any atom is -0.456 e. The van der Waals surface area contributed by atoms with Crippen LogP contribution in [-0.4, -0.2) is 40.3 Å². The number of aliphatic hydroxyl groups excluding tert-OH is 1. The molecular formula is C7H9IO5. The molecule has 2 heterocycles. The fraction of sp³-hybridized carbons (Fsp3) is 0.857. The van der Waals surface area contributed by atoms with Crippen LogP contribution >= 0.6 is 22.6 Å². The molecule has 0 aromatic carbocycles. The summed E-state index contributed by atoms with van der Waals surface area (Å²) in [5.41, 5.74) is 0. The highest BCUT2D eigenvalue weighted by atomic mass is 127. The van der Waals surface area contributed by atoms with Crippen LogP contribution in [0.15, 0.2) is 0 Å². The Morgan fingerprint density at radius 2 is 2.46 bits per heavy atom. The van der Waals surface area contributed by atoms with Crippen molar-refractivity contribution in [2.45, 2.75) is 31.0 Å². The zero-order chi connectivity index (χ0) is 9.42. The third-order valence-corrected chi connectivity index (χ3v) is 2.54. The number of aliphatic hydroxyl groups is 1. The van der Waals surface area contributed by atoms with E-state index in [2.05, 4.69) is 0 Å². The lowest BCUT2D eigenvalue weighted by molar-refractivity contribution is -0.160. The van der Waals surface area contributed by atoms with Crippen LogP contribution in [-0.2, 0) is 19.0 Å². The maximum absolute atomic E-state index is 10.9. The molecule has 0 aromatic rings. The molecule has 0 radical (unpaired) electrons. The second-order valence-corrected chi connectivity index (χ2v) is 3.59. The average Bonchev–Trinajstić information content (AvgIpc) is 2.52. The highest BCUT2D eigenvalue weighted by molar-refractivity contribution is 14.1. The van der Waals surface area contributed by atoms with E-state index in [0.717, 1.165) is 0 Å². The van der Waals surface area contributed by atoms with Gasteiger partial charge in [-0.3, -0.25) is 4.79 Å². The van der Waals surface area contributed by atoms with Crippen molar-refractivity contribution in [3.8, 4) is 0 Å². The van der Waals surface area contributed by atoms with Gasteiger partial charge in [-0.1, -0.05) is 22.6 Å². The van der Waals surface area contributed by atoms with Crippen LogP contribution in [0, 0.1) is 0 Å². The molecule has 4 unspecified atom stereocenters. The summed E-state index contributed by atoms with van der Waals surface area (Å²) in [4.78, 5) is 10.9. The van der Waals surface area contributed by atoms with Crippen molar-refractivity contribution < 1.29 is 24.1 Å². The van der Waals surface area contributed by atoms with Gasteiger partial charge in [-0.05, 0) is 0 Å². The standard InChI is InChI=1S/C7H9IO5/c8-2-11-6-5-3(12-7(6)10)1-4(9)13-5/h3,5-7,10H,1-2H2. The zero-order valence-electron chi connectivity index (χ0n) is 6.68. The predicted molar refractivity (Wildman–Crippen MR) is 49.1 cm³/mol. The first-order chi connectivity index (χ1) is 6.22. The SMILES string of the molecule is O=C1CC2OC(O)C(OCI)C2O1. The van der Waals surface area contributed by atoms with Crippen molar-refractivity contribution in [3.63, 3.8) is 0 Å². The van der Waals surface area contributed by atoms with E-state index in [9.17, 15) is 9.90 Å². The summed E-state index contributed by atoms with van der Waals surface area (Å²) in [6.45, 7) is 0. The summed E-state index contributed by atoms with van der Waals surface area (Å²) in [6.07, 6.45) is -2.07. The fourth-order valence-corrected chi connectivity index (χ4v) is 2.04. The number of halogens is 1. The number of rotatable bonds is 2. The molecule has 5 nitrogen and oxygen atoms in total. The van der Waals surface area contributed by atoms with Crippen molar-refractivity contribution in [2.24, 2.45) is 0 Å². The minimum absolute atomic E-state index is 0.211. The second-order valence-electron chi connectivity index (χ2n) is 2.96. The summed E-state index contributed by atoms with van der Waals surface area (Å²) in [7, 11) is 0. The lowest BCUT2D eigenvalue weighted by Crippen LogP contribution is -2.34. The summed E-state index contributed by atoms with van der Waals surface area (Å²) >= 11 is 2.02. The van der Waals surface area contributed by atoms with Gasteiger partial charge < -0.3 is 19.3 Å². The molecule has 2 aliphatic heterocycles. The van der Waals surface area contributed by atoms with Crippen molar-refractivity contribution in [1.82, 2.24) is 0 Å². The number of fused-ring (bicyclic) bond motifs is 1. The van der Waals surface area contributed by atoms with Gasteiger partial charge in [0.2, 0.25) is 0 Å². The number of alkyl halides is 1. The molecule has 0 saturated carbocycles. The molecule has 0 aromatic heterocycles. The van der Waals surface area contributed by atoms with Crippen LogP contribution in [0.1, 0.15) is 6.42 Å². The first kappa shape index (κ1) is 9.63. The summed E-state index contributed by atoms with van der Waals surface area (Å²) in [6, 6.07) is 0. The monoisotopic (exact) mass is 300 g/mol. The van der Waals surface area contributed by atoms with Crippen LogP contribution in [0.3, 0.4) is 0 Å². The molecule has 2 saturated heterocycles. The number of hydrogen-bond acceptors (Lipinski definition) is 5. The Kier molecular flexibility index (Phi) is 2.72. The number of carbonyl (C=O) groups is 1. The molecular weight excluding hydrogens is 291 g/mol. The zero-order valence-corrected chi connectivity index (χ0v) is 8.84. The predicted octanol–water partition coefficient (Wildman–Crippen LogP) is -0.203. The maximum Gasteiger partial charge on any atom is 0.309 e. The van der Waals surface area contributed by atoms with E-state index in [1.165, 1.54) is 0 Å². The molecule has 4 atom stereocenters. The highest BCUT2D eigenvalue weighted by Gasteiger charge is 2.51. The van der Waals surface area contributed by atoms with Gasteiger partial charge in [0.1, 0.15) is 12.2 Å². The van der Waals surface area contributed by atoms with Gasteiger partial charge in [0.25, 0.3) is 0 Å². The molecule has 0 amide bonds. The molecule has 2 aliphatic rings. The minimum atomic E-state index is -0.974. The van der Waals surface area contributed by atoms with Gasteiger partial charge >= 0.3 is 5.97 Å². The first-order valence-electron chi connectivity index (χ1n) is 3.93. The Labute approximate surface area is 88.5 Å². The maximum atomic E-state index is 10.9. The van der Waals surface area contributed by atoms with Gasteiger partial charge in [0, 0.05) is 0 Å². The Bertz CT molecular complexity index is 221. The topological polar surface area (TPSA) is 65.0 Å². The van der Waals surface area contributed by atoms with Crippen LogP contribution in [0.4, 0.5) is 0 Å². The van der Waals surface area contributed by atoms with Gasteiger partial charge in [-0.2, -0.15) is 0 Å². The Morgan fingerprint density at radius 3 is 3.15 bits per heavy atom. The lowest BCUT2D eigenvalue weighted by Gasteiger charge is -2.16. The Balaban J connectivity index is 2.05. The Hall–Kier alpha value is 0.0800. The van der Waals surface area contributed by atoms with Gasteiger partial charge in [0.15, 0.2) is 12.4 Å². The normalized spacial score (nSPS) is 43.4. The summed E-state index contributed by atoms with van der Waals surface area (Å²) in [5.74, 6) is -0.288. The van der Waals surface area contributed by atoms with Crippen molar-refractivity contribution in [1.29, 1.82) is 0 Å². The number of carbonyl (C=O) groups excluding carboxylic acids is 1. The number of hydrogen-bond donors (Lipinski definition) is 1. The largest absolute Gasteiger partial charge is 0.456 e. The first-order valence-corrected chi connectivity index (χ1v) is 5.45. The van der Waals surface area contributed by atoms with Crippen LogP contribution in [0.5, 0.6) is 0 Å². The van der Waals surface area contributed by atoms with Crippen LogP contribution < -0.4 is 0 Å². The molecule has 0 bridgehead atoms. The highest BCUT2D eigenvalue weighted by Crippen LogP contribution is 2.32. The van der Waals surface area contributed by atoms with E-state index in [1.54, 1.807) is 0 Å². The summed E-state index contributed by atoms with van der Waals surface area (Å²) < 4.78 is 15.7. The van der Waals surface area contributed by atoms with Crippen molar-refractivity contribution in [2.75, 3.05) is 4.61 Å². The molecule has 6 heteroatoms. The Morgan fingerprint density at radius 1 is 1.69 bits per heavy atom. The quantitative estimate of drug-likeness (QED) is 0.434. The van der Waals surface area contributed by atoms with Gasteiger partial charge in [0.05, 0.1) is 11.0 Å². The van der Waals surface area contributed by atoms with E-state index in [0.29, 0.717) is 4.61 Å². The number of ether oxygens (including phenoxy) is 3. The molecule has 13 heavy (non-hydrogen) atoms. The summed E-state index contributed by atoms with van der Waals surface area (Å²) in [5, 5.41) is 9.37. The third-order valence-electron chi connectivity index (χ3n) is 2.18. The van der Waals surface area contributed by atoms with E-state index < -0.39 is 18.5 Å². The number of esters is 1. The molecule has 0 aliphatic carbocycles. The molecule has 0 spiro atoms. The van der Waals surface area contributed by atoms with E-state index >= 15 is 0 Å². The molecule has 1 N–H and O–H groups in total. The van der Waals surface area contributed by atoms with E-state index in [-0.39, 0.29) is 18.5 Å². The van der Waals surface area contributed by atoms with E-state index in [1.807, 2.05) is 22.6 Å². The van der Waals surface area contributed by atoms with Gasteiger partial charge in [-0.25, -0.2) is 0 Å². The van der Waals surface area contributed by atoms with E-state index in [4.69, 9.17) is 14.2 Å². The van der Waals surface area contributed by atoms with Crippen molar-refractivity contribution >= 4 is 28.6 Å². The lowest BCUT2D eigenvalue weighted by atomic mass is 10.1. The molecule has 74 valence electrons. The molecule has 2 rings (SSSR count). The van der Waals surface area contributed by atoms with Crippen LogP contribution in [0.25, 0.3) is 0 Å². The second kappa shape index (κ2) is 3.68. The van der Waals surface area contributed by atoms with Crippen molar-refractivity contribution in [3.05, 3.63) is 0 Å². The third kappa shape index (κ3) is 1.67. The van der Waals surface area contributed by atoms with Crippen LogP contribution in [0.2, 0.25) is 0 Å². The smallest absolute Gasteiger partial charge is 0.309 e. The average molecular weight is 300 g/mol. The molecule has 2 fully saturated rings. The van der Waals surface area contributed by atoms with Gasteiger partial charge in [-0.15, -0.1) is 0 Å².